The third kappa shape index (κ3) is 4.20. The van der Waals surface area contributed by atoms with E-state index in [4.69, 9.17) is 14.2 Å². The molecular formula is C15H26N4O4. The Kier molecular flexibility index (Phi) is 4.95. The lowest BCUT2D eigenvalue weighted by Crippen LogP contribution is -2.52. The number of ether oxygens (including phenoxy) is 3. The van der Waals surface area contributed by atoms with E-state index in [-0.39, 0.29) is 12.1 Å². The van der Waals surface area contributed by atoms with Crippen LogP contribution in [0.25, 0.3) is 0 Å². The van der Waals surface area contributed by atoms with Crippen molar-refractivity contribution in [2.75, 3.05) is 13.7 Å². The highest BCUT2D eigenvalue weighted by Crippen LogP contribution is 2.34. The highest BCUT2D eigenvalue weighted by atomic mass is 16.6. The third-order valence-corrected chi connectivity index (χ3v) is 3.52. The Bertz CT molecular complexity index is 524. The zero-order chi connectivity index (χ0) is 17.3. The van der Waals surface area contributed by atoms with Crippen molar-refractivity contribution in [3.05, 3.63) is 12.4 Å². The van der Waals surface area contributed by atoms with E-state index < -0.39 is 17.4 Å². The van der Waals surface area contributed by atoms with Crippen LogP contribution in [-0.4, -0.2) is 63.2 Å². The lowest BCUT2D eigenvalue weighted by atomic mass is 10.1. The molecule has 8 heteroatoms. The largest absolute Gasteiger partial charge is 0.444 e. The maximum atomic E-state index is 12.7. The van der Waals surface area contributed by atoms with Crippen LogP contribution in [0.2, 0.25) is 0 Å². The Balaban J connectivity index is 2.27. The van der Waals surface area contributed by atoms with E-state index in [1.807, 2.05) is 34.6 Å². The molecule has 0 saturated carbocycles. The van der Waals surface area contributed by atoms with Crippen molar-refractivity contribution < 1.29 is 19.0 Å². The summed E-state index contributed by atoms with van der Waals surface area (Å²) >= 11 is 0. The zero-order valence-electron chi connectivity index (χ0n) is 14.6. The van der Waals surface area contributed by atoms with Gasteiger partial charge in [-0.1, -0.05) is 0 Å². The van der Waals surface area contributed by atoms with Crippen molar-refractivity contribution in [2.24, 2.45) is 0 Å². The lowest BCUT2D eigenvalue weighted by Gasteiger charge is -2.35. The van der Waals surface area contributed by atoms with Crippen LogP contribution in [-0.2, 0) is 20.8 Å². The predicted octanol–water partition coefficient (Wildman–Crippen LogP) is 1.67. The lowest BCUT2D eigenvalue weighted by molar-refractivity contribution is -0.0894. The quantitative estimate of drug-likeness (QED) is 0.837. The SMILES string of the molecule is COCC1OC(C)(C)N(C(=O)OC(C)(C)C)C1Cn1nccn1. The summed E-state index contributed by atoms with van der Waals surface area (Å²) in [5, 5.41) is 8.24. The van der Waals surface area contributed by atoms with Gasteiger partial charge in [0, 0.05) is 7.11 Å². The standard InChI is InChI=1S/C15H26N4O4/c1-14(2,3)23-13(20)19-11(9-18-16-7-8-17-18)12(10-21-6)22-15(19,4)5/h7-8,11-12H,9-10H2,1-6H3. The van der Waals surface area contributed by atoms with Gasteiger partial charge in [0.05, 0.1) is 31.6 Å². The monoisotopic (exact) mass is 326 g/mol. The molecule has 0 bridgehead atoms. The van der Waals surface area contributed by atoms with Gasteiger partial charge in [-0.2, -0.15) is 15.0 Å². The number of hydrogen-bond donors (Lipinski definition) is 0. The molecule has 0 spiro atoms. The number of hydrogen-bond acceptors (Lipinski definition) is 6. The van der Waals surface area contributed by atoms with E-state index in [0.29, 0.717) is 13.2 Å². The number of rotatable bonds is 4. The van der Waals surface area contributed by atoms with Crippen LogP contribution in [0.15, 0.2) is 12.4 Å². The fraction of sp³-hybridized carbons (Fsp3) is 0.800. The Morgan fingerprint density at radius 2 is 1.91 bits per heavy atom. The Morgan fingerprint density at radius 1 is 1.30 bits per heavy atom. The van der Waals surface area contributed by atoms with E-state index in [9.17, 15) is 4.79 Å². The topological polar surface area (TPSA) is 78.7 Å². The highest BCUT2D eigenvalue weighted by molar-refractivity contribution is 5.70. The van der Waals surface area contributed by atoms with Gasteiger partial charge in [-0.05, 0) is 34.6 Å². The highest BCUT2D eigenvalue weighted by Gasteiger charge is 2.51. The molecular weight excluding hydrogens is 300 g/mol. The van der Waals surface area contributed by atoms with E-state index >= 15 is 0 Å². The van der Waals surface area contributed by atoms with Gasteiger partial charge in [0.15, 0.2) is 0 Å². The summed E-state index contributed by atoms with van der Waals surface area (Å²) in [6.07, 6.45) is 2.50. The number of carbonyl (C=O) groups is 1. The van der Waals surface area contributed by atoms with Gasteiger partial charge in [0.2, 0.25) is 0 Å². The van der Waals surface area contributed by atoms with E-state index in [1.54, 1.807) is 24.4 Å². The molecule has 8 nitrogen and oxygen atoms in total. The van der Waals surface area contributed by atoms with Gasteiger partial charge in [-0.25, -0.2) is 4.79 Å². The van der Waals surface area contributed by atoms with Crippen molar-refractivity contribution in [3.63, 3.8) is 0 Å². The van der Waals surface area contributed by atoms with Crippen molar-refractivity contribution in [3.8, 4) is 0 Å². The second kappa shape index (κ2) is 6.45. The Hall–Kier alpha value is -1.67. The van der Waals surface area contributed by atoms with Crippen LogP contribution in [0, 0.1) is 0 Å². The fourth-order valence-electron chi connectivity index (χ4n) is 2.75. The summed E-state index contributed by atoms with van der Waals surface area (Å²) < 4.78 is 16.8. The molecule has 23 heavy (non-hydrogen) atoms. The molecule has 1 fully saturated rings. The summed E-state index contributed by atoms with van der Waals surface area (Å²) in [7, 11) is 1.61. The average Bonchev–Trinajstić information content (AvgIpc) is 2.95. The minimum Gasteiger partial charge on any atom is -0.444 e. The average molecular weight is 326 g/mol. The molecule has 1 saturated heterocycles. The molecule has 2 unspecified atom stereocenters. The van der Waals surface area contributed by atoms with E-state index in [0.717, 1.165) is 0 Å². The summed E-state index contributed by atoms with van der Waals surface area (Å²) in [6, 6.07) is -0.285. The van der Waals surface area contributed by atoms with Crippen LogP contribution in [0.5, 0.6) is 0 Å². The molecule has 1 aromatic rings. The normalized spacial score (nSPS) is 24.0. The molecule has 0 aromatic carbocycles. The number of carbonyl (C=O) groups excluding carboxylic acids is 1. The van der Waals surface area contributed by atoms with Crippen molar-refractivity contribution in [1.82, 2.24) is 19.9 Å². The third-order valence-electron chi connectivity index (χ3n) is 3.52. The Morgan fingerprint density at radius 3 is 2.43 bits per heavy atom. The summed E-state index contributed by atoms with van der Waals surface area (Å²) in [4.78, 5) is 15.9. The van der Waals surface area contributed by atoms with Gasteiger partial charge in [-0.15, -0.1) is 0 Å². The van der Waals surface area contributed by atoms with Crippen molar-refractivity contribution in [1.29, 1.82) is 0 Å². The van der Waals surface area contributed by atoms with Crippen LogP contribution in [0.4, 0.5) is 4.79 Å². The molecule has 0 radical (unpaired) electrons. The first kappa shape index (κ1) is 17.7. The predicted molar refractivity (Wildman–Crippen MR) is 82.7 cm³/mol. The number of aromatic nitrogens is 3. The first-order chi connectivity index (χ1) is 10.6. The van der Waals surface area contributed by atoms with Crippen LogP contribution < -0.4 is 0 Å². The van der Waals surface area contributed by atoms with Gasteiger partial charge in [0.1, 0.15) is 17.4 Å². The first-order valence-electron chi connectivity index (χ1n) is 7.67. The minimum atomic E-state index is -0.802. The summed E-state index contributed by atoms with van der Waals surface area (Å²) in [6.45, 7) is 9.98. The Labute approximate surface area is 136 Å². The van der Waals surface area contributed by atoms with Crippen LogP contribution in [0.1, 0.15) is 34.6 Å². The van der Waals surface area contributed by atoms with Crippen LogP contribution >= 0.6 is 0 Å². The minimum absolute atomic E-state index is 0.284. The maximum absolute atomic E-state index is 12.7. The first-order valence-corrected chi connectivity index (χ1v) is 7.67. The summed E-state index contributed by atoms with van der Waals surface area (Å²) in [5.74, 6) is 0. The molecule has 0 aliphatic carbocycles. The fourth-order valence-corrected chi connectivity index (χ4v) is 2.75. The smallest absolute Gasteiger partial charge is 0.412 e. The molecule has 1 aliphatic rings. The zero-order valence-corrected chi connectivity index (χ0v) is 14.6. The van der Waals surface area contributed by atoms with Crippen molar-refractivity contribution in [2.45, 2.75) is 64.6 Å². The molecule has 2 rings (SSSR count). The van der Waals surface area contributed by atoms with E-state index in [2.05, 4.69) is 10.2 Å². The molecule has 130 valence electrons. The molecule has 2 heterocycles. The van der Waals surface area contributed by atoms with E-state index in [1.165, 1.54) is 4.80 Å². The number of nitrogens with zero attached hydrogens (tertiary/aromatic N) is 4. The summed E-state index contributed by atoms with van der Waals surface area (Å²) in [5.41, 5.74) is -1.38. The molecule has 1 amide bonds. The second-order valence-corrected chi connectivity index (χ2v) is 7.06. The van der Waals surface area contributed by atoms with Gasteiger partial charge < -0.3 is 14.2 Å². The van der Waals surface area contributed by atoms with Gasteiger partial charge >= 0.3 is 6.09 Å². The van der Waals surface area contributed by atoms with Gasteiger partial charge in [0.25, 0.3) is 0 Å². The van der Waals surface area contributed by atoms with Gasteiger partial charge in [-0.3, -0.25) is 4.90 Å². The molecule has 1 aromatic heterocycles. The number of amides is 1. The molecule has 1 aliphatic heterocycles. The molecule has 2 atom stereocenters. The number of methoxy groups -OCH3 is 1. The maximum Gasteiger partial charge on any atom is 0.412 e. The van der Waals surface area contributed by atoms with Crippen LogP contribution in [0.3, 0.4) is 0 Å². The van der Waals surface area contributed by atoms with Crippen molar-refractivity contribution >= 4 is 6.09 Å². The molecule has 0 N–H and O–H groups in total. The second-order valence-electron chi connectivity index (χ2n) is 7.06.